The van der Waals surface area contributed by atoms with Crippen LogP contribution in [0.1, 0.15) is 26.3 Å². The molecule has 0 saturated heterocycles. The van der Waals surface area contributed by atoms with Crippen LogP contribution < -0.4 is 14.5 Å². The Morgan fingerprint density at radius 3 is 2.19 bits per heavy atom. The Morgan fingerprint density at radius 1 is 0.596 bits per heavy atom. The van der Waals surface area contributed by atoms with Gasteiger partial charge in [-0.15, -0.1) is 11.3 Å². The molecule has 6 aromatic carbocycles. The van der Waals surface area contributed by atoms with E-state index in [1.807, 2.05) is 23.6 Å². The lowest BCUT2D eigenvalue weighted by Gasteiger charge is -2.22. The van der Waals surface area contributed by atoms with Crippen molar-refractivity contribution in [3.8, 4) is 17.3 Å². The van der Waals surface area contributed by atoms with E-state index in [0.29, 0.717) is 6.67 Å². The number of hydrogen-bond acceptors (Lipinski definition) is 5. The predicted octanol–water partition coefficient (Wildman–Crippen LogP) is 12.9. The van der Waals surface area contributed by atoms with Crippen LogP contribution in [0.5, 0.6) is 11.5 Å². The average Bonchev–Trinajstić information content (AvgIpc) is 3.85. The number of anilines is 4. The largest absolute Gasteiger partial charge is 0.457 e. The zero-order valence-electron chi connectivity index (χ0n) is 29.2. The molecule has 9 aromatic rings. The van der Waals surface area contributed by atoms with Gasteiger partial charge in [0, 0.05) is 55.9 Å². The summed E-state index contributed by atoms with van der Waals surface area (Å²) in [6.07, 6.45) is 1.92. The lowest BCUT2D eigenvalue weighted by atomic mass is 9.88. The number of rotatable bonds is 5. The SMILES string of the molecule is CC(C)(C)c1ccnc(-n2c3ccccc3c3ccc(Oc4cccc(N5CN(c6ccccc6)c6ccc7c(sc8ccccc87)c65)c4)cc32)c1. The molecule has 5 nitrogen and oxygen atoms in total. The lowest BCUT2D eigenvalue weighted by Crippen LogP contribution is -2.23. The summed E-state index contributed by atoms with van der Waals surface area (Å²) in [5, 5.41) is 4.95. The van der Waals surface area contributed by atoms with Crippen molar-refractivity contribution in [3.05, 3.63) is 157 Å². The van der Waals surface area contributed by atoms with Crippen LogP contribution in [-0.2, 0) is 5.41 Å². The Hall–Kier alpha value is -6.11. The van der Waals surface area contributed by atoms with Crippen LogP contribution in [0, 0.1) is 0 Å². The zero-order valence-corrected chi connectivity index (χ0v) is 30.1. The van der Waals surface area contributed by atoms with Gasteiger partial charge in [-0.2, -0.15) is 0 Å². The van der Waals surface area contributed by atoms with E-state index >= 15 is 0 Å². The Kier molecular flexibility index (Phi) is 6.92. The molecule has 0 aliphatic carbocycles. The number of aromatic nitrogens is 2. The molecule has 52 heavy (non-hydrogen) atoms. The van der Waals surface area contributed by atoms with E-state index in [9.17, 15) is 0 Å². The van der Waals surface area contributed by atoms with Gasteiger partial charge in [-0.05, 0) is 77.7 Å². The molecule has 0 amide bonds. The van der Waals surface area contributed by atoms with Crippen LogP contribution >= 0.6 is 11.3 Å². The third kappa shape index (κ3) is 4.94. The Labute approximate surface area is 306 Å². The van der Waals surface area contributed by atoms with Crippen LogP contribution in [0.15, 0.2) is 152 Å². The number of benzene rings is 6. The van der Waals surface area contributed by atoms with Gasteiger partial charge in [-0.25, -0.2) is 4.98 Å². The van der Waals surface area contributed by atoms with Gasteiger partial charge in [0.2, 0.25) is 0 Å². The first-order valence-electron chi connectivity index (χ1n) is 17.7. The highest BCUT2D eigenvalue weighted by atomic mass is 32.1. The maximum absolute atomic E-state index is 6.72. The predicted molar refractivity (Wildman–Crippen MR) is 219 cm³/mol. The highest BCUT2D eigenvalue weighted by molar-refractivity contribution is 7.26. The fourth-order valence-corrected chi connectivity index (χ4v) is 8.94. The molecule has 0 fully saturated rings. The number of thiophene rings is 1. The maximum atomic E-state index is 6.72. The summed E-state index contributed by atoms with van der Waals surface area (Å²) in [5.41, 5.74) is 8.13. The molecule has 4 heterocycles. The molecule has 1 aliphatic rings. The van der Waals surface area contributed by atoms with Crippen LogP contribution in [-0.4, -0.2) is 16.2 Å². The maximum Gasteiger partial charge on any atom is 0.137 e. The minimum Gasteiger partial charge on any atom is -0.457 e. The second kappa shape index (κ2) is 11.7. The first-order chi connectivity index (χ1) is 25.4. The highest BCUT2D eigenvalue weighted by Crippen LogP contribution is 2.52. The van der Waals surface area contributed by atoms with Crippen molar-refractivity contribution in [1.29, 1.82) is 0 Å². The van der Waals surface area contributed by atoms with Crippen molar-refractivity contribution in [3.63, 3.8) is 0 Å². The molecule has 10 rings (SSSR count). The third-order valence-electron chi connectivity index (χ3n) is 10.3. The number of ether oxygens (including phenoxy) is 1. The van der Waals surface area contributed by atoms with E-state index in [2.05, 4.69) is 175 Å². The molecule has 0 N–H and O–H groups in total. The van der Waals surface area contributed by atoms with Gasteiger partial charge < -0.3 is 14.5 Å². The van der Waals surface area contributed by atoms with Gasteiger partial charge in [0.25, 0.3) is 0 Å². The van der Waals surface area contributed by atoms with E-state index in [1.165, 1.54) is 53.6 Å². The fourth-order valence-electron chi connectivity index (χ4n) is 7.69. The molecular weight excluding hydrogens is 657 g/mol. The topological polar surface area (TPSA) is 33.5 Å². The van der Waals surface area contributed by atoms with Gasteiger partial charge in [-0.3, -0.25) is 4.57 Å². The summed E-state index contributed by atoms with van der Waals surface area (Å²) in [7, 11) is 0. The van der Waals surface area contributed by atoms with E-state index in [4.69, 9.17) is 9.72 Å². The van der Waals surface area contributed by atoms with E-state index in [-0.39, 0.29) is 5.41 Å². The number of fused-ring (bicyclic) bond motifs is 8. The van der Waals surface area contributed by atoms with Gasteiger partial charge >= 0.3 is 0 Å². The van der Waals surface area contributed by atoms with E-state index in [1.54, 1.807) is 0 Å². The summed E-state index contributed by atoms with van der Waals surface area (Å²) in [6.45, 7) is 7.41. The smallest absolute Gasteiger partial charge is 0.137 e. The summed E-state index contributed by atoms with van der Waals surface area (Å²) >= 11 is 1.87. The van der Waals surface area contributed by atoms with Gasteiger partial charge in [0.05, 0.1) is 27.1 Å². The molecule has 0 unspecified atom stereocenters. The average molecular weight is 693 g/mol. The Bertz CT molecular complexity index is 2810. The molecule has 6 heteroatoms. The molecule has 1 aliphatic heterocycles. The second-order valence-electron chi connectivity index (χ2n) is 14.5. The van der Waals surface area contributed by atoms with Crippen LogP contribution in [0.3, 0.4) is 0 Å². The number of pyridine rings is 1. The fraction of sp³-hybridized carbons (Fsp3) is 0.109. The van der Waals surface area contributed by atoms with Gasteiger partial charge in [-0.1, -0.05) is 87.5 Å². The van der Waals surface area contributed by atoms with Crippen molar-refractivity contribution in [1.82, 2.24) is 9.55 Å². The molecule has 0 spiro atoms. The van der Waals surface area contributed by atoms with Crippen LogP contribution in [0.2, 0.25) is 0 Å². The lowest BCUT2D eigenvalue weighted by molar-refractivity contribution is 0.483. The van der Waals surface area contributed by atoms with Crippen LogP contribution in [0.4, 0.5) is 22.7 Å². The monoisotopic (exact) mass is 692 g/mol. The Balaban J connectivity index is 1.07. The third-order valence-corrected chi connectivity index (χ3v) is 11.5. The van der Waals surface area contributed by atoms with Crippen molar-refractivity contribution < 1.29 is 4.74 Å². The van der Waals surface area contributed by atoms with Crippen molar-refractivity contribution in [2.75, 3.05) is 16.5 Å². The minimum absolute atomic E-state index is 0.00642. The van der Waals surface area contributed by atoms with Crippen molar-refractivity contribution >= 4 is 76.1 Å². The molecule has 3 aromatic heterocycles. The summed E-state index contributed by atoms with van der Waals surface area (Å²) in [6, 6.07) is 51.7. The molecule has 0 saturated carbocycles. The number of para-hydroxylation sites is 2. The quantitative estimate of drug-likeness (QED) is 0.180. The van der Waals surface area contributed by atoms with Crippen molar-refractivity contribution in [2.45, 2.75) is 26.2 Å². The molecule has 0 radical (unpaired) electrons. The molecule has 0 atom stereocenters. The van der Waals surface area contributed by atoms with E-state index in [0.717, 1.165) is 34.0 Å². The summed E-state index contributed by atoms with van der Waals surface area (Å²) < 4.78 is 11.6. The first kappa shape index (κ1) is 30.7. The summed E-state index contributed by atoms with van der Waals surface area (Å²) in [5.74, 6) is 2.47. The molecule has 252 valence electrons. The van der Waals surface area contributed by atoms with Crippen molar-refractivity contribution in [2.24, 2.45) is 0 Å². The first-order valence-corrected chi connectivity index (χ1v) is 18.5. The Morgan fingerprint density at radius 2 is 1.33 bits per heavy atom. The van der Waals surface area contributed by atoms with Gasteiger partial charge in [0.1, 0.15) is 24.0 Å². The summed E-state index contributed by atoms with van der Waals surface area (Å²) in [4.78, 5) is 9.70. The van der Waals surface area contributed by atoms with Crippen LogP contribution in [0.25, 0.3) is 47.8 Å². The molecular formula is C46H36N4OS. The zero-order chi connectivity index (χ0) is 35.0. The van der Waals surface area contributed by atoms with Gasteiger partial charge in [0.15, 0.2) is 0 Å². The second-order valence-corrected chi connectivity index (χ2v) is 15.6. The minimum atomic E-state index is 0.00642. The normalized spacial score (nSPS) is 13.1. The number of hydrogen-bond donors (Lipinski definition) is 0. The number of nitrogens with zero attached hydrogens (tertiary/aromatic N) is 4. The standard InChI is InChI=1S/C46H36N4OS/c1-46(2,3)30-24-25-47-43(26-30)50-39-18-9-7-16-35(39)36-21-20-34(28-41(36)50)51-33-15-11-14-32(27-33)49-29-48(31-12-5-4-6-13-31)40-23-22-38-37-17-8-10-19-42(37)52-45(38)44(40)49/h4-28H,29H2,1-3H3. The molecule has 0 bridgehead atoms. The van der Waals surface area contributed by atoms with E-state index < -0.39 is 0 Å². The highest BCUT2D eigenvalue weighted by Gasteiger charge is 2.31.